The van der Waals surface area contributed by atoms with Crippen LogP contribution in [0.4, 0.5) is 0 Å². The molecule has 0 aliphatic carbocycles. The van der Waals surface area contributed by atoms with Crippen molar-refractivity contribution >= 4 is 0 Å². The number of imidazole rings is 1. The van der Waals surface area contributed by atoms with Gasteiger partial charge in [-0.3, -0.25) is 0 Å². The molecule has 0 radical (unpaired) electrons. The maximum Gasteiger partial charge on any atom is 0.114 e. The highest BCUT2D eigenvalue weighted by Crippen LogP contribution is 2.26. The van der Waals surface area contributed by atoms with Gasteiger partial charge in [0.15, 0.2) is 0 Å². The highest BCUT2D eigenvalue weighted by molar-refractivity contribution is 5.12. The number of nitrogens with zero attached hydrogens (tertiary/aromatic N) is 2. The maximum absolute atomic E-state index is 4.70. The minimum absolute atomic E-state index is 0.198. The first kappa shape index (κ1) is 11.3. The van der Waals surface area contributed by atoms with Gasteiger partial charge in [-0.1, -0.05) is 27.7 Å². The predicted molar refractivity (Wildman–Crippen MR) is 60.6 cm³/mol. The number of rotatable bonds is 4. The van der Waals surface area contributed by atoms with E-state index in [0.29, 0.717) is 0 Å². The van der Waals surface area contributed by atoms with Crippen molar-refractivity contribution in [1.29, 1.82) is 0 Å². The lowest BCUT2D eigenvalue weighted by Crippen LogP contribution is -2.21. The zero-order chi connectivity index (χ0) is 10.8. The Bertz CT molecular complexity index is 297. The number of aryl methyl sites for hydroxylation is 2. The normalized spacial score (nSPS) is 12.1. The fraction of sp³-hybridized carbons (Fsp3) is 0.750. The van der Waals surface area contributed by atoms with Crippen LogP contribution in [0.2, 0.25) is 0 Å². The van der Waals surface area contributed by atoms with Crippen LogP contribution in [0, 0.1) is 0 Å². The van der Waals surface area contributed by atoms with Gasteiger partial charge in [-0.05, 0) is 19.8 Å². The Kier molecular flexibility index (Phi) is 3.35. The van der Waals surface area contributed by atoms with E-state index in [0.717, 1.165) is 19.4 Å². The smallest absolute Gasteiger partial charge is 0.114 e. The molecule has 14 heavy (non-hydrogen) atoms. The average molecular weight is 194 g/mol. The number of aromatic nitrogens is 2. The Balaban J connectivity index is 3.12. The summed E-state index contributed by atoms with van der Waals surface area (Å²) in [6.07, 6.45) is 4.35. The molecule has 0 aliphatic heterocycles. The van der Waals surface area contributed by atoms with Gasteiger partial charge in [-0.2, -0.15) is 0 Å². The van der Waals surface area contributed by atoms with E-state index >= 15 is 0 Å². The zero-order valence-corrected chi connectivity index (χ0v) is 10.1. The van der Waals surface area contributed by atoms with E-state index in [2.05, 4.69) is 45.4 Å². The van der Waals surface area contributed by atoms with Crippen LogP contribution in [0.3, 0.4) is 0 Å². The van der Waals surface area contributed by atoms with Crippen molar-refractivity contribution < 1.29 is 0 Å². The van der Waals surface area contributed by atoms with Crippen molar-refractivity contribution in [2.24, 2.45) is 0 Å². The molecule has 0 aromatic carbocycles. The first-order chi connectivity index (χ1) is 6.55. The Morgan fingerprint density at radius 3 is 2.36 bits per heavy atom. The van der Waals surface area contributed by atoms with Gasteiger partial charge in [-0.25, -0.2) is 4.98 Å². The van der Waals surface area contributed by atoms with Crippen LogP contribution >= 0.6 is 0 Å². The minimum atomic E-state index is 0.198. The van der Waals surface area contributed by atoms with E-state index in [1.165, 1.54) is 11.5 Å². The molecule has 0 amide bonds. The van der Waals surface area contributed by atoms with Gasteiger partial charge in [0.2, 0.25) is 0 Å². The molecule has 1 aromatic heterocycles. The molecule has 0 bridgehead atoms. The quantitative estimate of drug-likeness (QED) is 0.720. The molecule has 1 heterocycles. The molecule has 1 aromatic rings. The van der Waals surface area contributed by atoms with Crippen LogP contribution in [0.15, 0.2) is 6.20 Å². The summed E-state index contributed by atoms with van der Waals surface area (Å²) in [6.45, 7) is 12.1. The fourth-order valence-corrected chi connectivity index (χ4v) is 1.58. The molecule has 0 spiro atoms. The second-order valence-electron chi connectivity index (χ2n) is 4.43. The molecule has 80 valence electrons. The van der Waals surface area contributed by atoms with Crippen LogP contribution < -0.4 is 0 Å². The van der Waals surface area contributed by atoms with E-state index in [-0.39, 0.29) is 5.41 Å². The van der Waals surface area contributed by atoms with Crippen LogP contribution in [-0.2, 0) is 18.4 Å². The van der Waals surface area contributed by atoms with Crippen LogP contribution in [0.25, 0.3) is 0 Å². The van der Waals surface area contributed by atoms with Crippen LogP contribution in [0.5, 0.6) is 0 Å². The minimum Gasteiger partial charge on any atom is -0.334 e. The molecular weight excluding hydrogens is 172 g/mol. The van der Waals surface area contributed by atoms with Gasteiger partial charge in [0, 0.05) is 18.2 Å². The lowest BCUT2D eigenvalue weighted by molar-refractivity contribution is 0.447. The van der Waals surface area contributed by atoms with E-state index in [4.69, 9.17) is 4.98 Å². The first-order valence-electron chi connectivity index (χ1n) is 5.61. The summed E-state index contributed by atoms with van der Waals surface area (Å²) in [5, 5.41) is 0. The van der Waals surface area contributed by atoms with Gasteiger partial charge < -0.3 is 4.57 Å². The molecule has 0 fully saturated rings. The second kappa shape index (κ2) is 4.16. The van der Waals surface area contributed by atoms with Crippen LogP contribution in [0.1, 0.15) is 52.6 Å². The lowest BCUT2D eigenvalue weighted by Gasteiger charge is -2.22. The van der Waals surface area contributed by atoms with E-state index in [9.17, 15) is 0 Å². The third-order valence-electron chi connectivity index (χ3n) is 3.02. The number of hydrogen-bond donors (Lipinski definition) is 0. The Labute approximate surface area is 87.4 Å². The molecule has 2 heteroatoms. The molecular formula is C12H22N2. The third kappa shape index (κ3) is 1.99. The van der Waals surface area contributed by atoms with Crippen molar-refractivity contribution in [1.82, 2.24) is 9.55 Å². The molecule has 1 rings (SSSR count). The Hall–Kier alpha value is -0.790. The van der Waals surface area contributed by atoms with E-state index in [1.807, 2.05) is 0 Å². The molecule has 0 aliphatic rings. The predicted octanol–water partition coefficient (Wildman–Crippen LogP) is 3.15. The Morgan fingerprint density at radius 1 is 1.29 bits per heavy atom. The molecule has 2 nitrogen and oxygen atoms in total. The Morgan fingerprint density at radius 2 is 1.93 bits per heavy atom. The summed E-state index contributed by atoms with van der Waals surface area (Å²) in [5.41, 5.74) is 1.41. The molecule has 0 saturated carbocycles. The summed E-state index contributed by atoms with van der Waals surface area (Å²) in [5.74, 6) is 1.24. The second-order valence-corrected chi connectivity index (χ2v) is 4.43. The standard InChI is InChI=1S/C12H22N2/c1-6-10-9-14(8-3)11(13-10)12(4,5)7-2/h9H,6-8H2,1-5H3. The van der Waals surface area contributed by atoms with Crippen molar-refractivity contribution in [3.05, 3.63) is 17.7 Å². The fourth-order valence-electron chi connectivity index (χ4n) is 1.58. The number of hydrogen-bond acceptors (Lipinski definition) is 1. The first-order valence-corrected chi connectivity index (χ1v) is 5.61. The van der Waals surface area contributed by atoms with Gasteiger partial charge >= 0.3 is 0 Å². The largest absolute Gasteiger partial charge is 0.334 e. The highest BCUT2D eigenvalue weighted by atomic mass is 15.1. The van der Waals surface area contributed by atoms with Crippen molar-refractivity contribution in [3.8, 4) is 0 Å². The van der Waals surface area contributed by atoms with Crippen LogP contribution in [-0.4, -0.2) is 9.55 Å². The topological polar surface area (TPSA) is 17.8 Å². The van der Waals surface area contributed by atoms with Crippen molar-refractivity contribution in [3.63, 3.8) is 0 Å². The SMILES string of the molecule is CCc1cn(CC)c(C(C)(C)CC)n1. The van der Waals surface area contributed by atoms with Gasteiger partial charge in [0.1, 0.15) is 5.82 Å². The summed E-state index contributed by atoms with van der Waals surface area (Å²) >= 11 is 0. The van der Waals surface area contributed by atoms with Crippen molar-refractivity contribution in [2.45, 2.75) is 59.4 Å². The third-order valence-corrected chi connectivity index (χ3v) is 3.02. The maximum atomic E-state index is 4.70. The van der Waals surface area contributed by atoms with E-state index < -0.39 is 0 Å². The van der Waals surface area contributed by atoms with E-state index in [1.54, 1.807) is 0 Å². The molecule has 0 saturated heterocycles. The zero-order valence-electron chi connectivity index (χ0n) is 10.1. The molecule has 0 unspecified atom stereocenters. The highest BCUT2D eigenvalue weighted by Gasteiger charge is 2.24. The van der Waals surface area contributed by atoms with Crippen molar-refractivity contribution in [2.75, 3.05) is 0 Å². The summed E-state index contributed by atoms with van der Waals surface area (Å²) in [6, 6.07) is 0. The molecule has 0 N–H and O–H groups in total. The monoisotopic (exact) mass is 194 g/mol. The summed E-state index contributed by atoms with van der Waals surface area (Å²) in [4.78, 5) is 4.70. The average Bonchev–Trinajstić information content (AvgIpc) is 2.61. The van der Waals surface area contributed by atoms with Gasteiger partial charge in [-0.15, -0.1) is 0 Å². The van der Waals surface area contributed by atoms with Gasteiger partial charge in [0.05, 0.1) is 5.69 Å². The summed E-state index contributed by atoms with van der Waals surface area (Å²) < 4.78 is 2.28. The summed E-state index contributed by atoms with van der Waals surface area (Å²) in [7, 11) is 0. The lowest BCUT2D eigenvalue weighted by atomic mass is 9.89. The molecule has 0 atom stereocenters. The van der Waals surface area contributed by atoms with Gasteiger partial charge in [0.25, 0.3) is 0 Å².